The van der Waals surface area contributed by atoms with E-state index in [0.717, 1.165) is 10.7 Å². The van der Waals surface area contributed by atoms with Crippen molar-refractivity contribution < 1.29 is 4.92 Å². The maximum atomic E-state index is 11.0. The molecule has 0 atom stereocenters. The van der Waals surface area contributed by atoms with E-state index in [0.29, 0.717) is 25.5 Å². The van der Waals surface area contributed by atoms with Gasteiger partial charge in [-0.2, -0.15) is 4.98 Å². The molecule has 0 fully saturated rings. The summed E-state index contributed by atoms with van der Waals surface area (Å²) < 4.78 is 0. The molecule has 2 N–H and O–H groups in total. The highest BCUT2D eigenvalue weighted by Crippen LogP contribution is 2.22. The molecule has 21 heavy (non-hydrogen) atoms. The average molecular weight is 308 g/mol. The van der Waals surface area contributed by atoms with Crippen molar-refractivity contribution in [1.82, 2.24) is 15.0 Å². The molecule has 0 aliphatic rings. The summed E-state index contributed by atoms with van der Waals surface area (Å²) in [6, 6.07) is 0. The Kier molecular flexibility index (Phi) is 4.99. The van der Waals surface area contributed by atoms with Crippen LogP contribution in [0.15, 0.2) is 11.6 Å². The van der Waals surface area contributed by atoms with E-state index >= 15 is 0 Å². The summed E-state index contributed by atoms with van der Waals surface area (Å²) >= 11 is 1.58. The van der Waals surface area contributed by atoms with Crippen molar-refractivity contribution in [3.63, 3.8) is 0 Å². The predicted octanol–water partition coefficient (Wildman–Crippen LogP) is 2.24. The van der Waals surface area contributed by atoms with Crippen LogP contribution in [-0.4, -0.2) is 33.0 Å². The van der Waals surface area contributed by atoms with Crippen molar-refractivity contribution in [2.45, 2.75) is 20.3 Å². The first-order valence-corrected chi connectivity index (χ1v) is 7.38. The summed E-state index contributed by atoms with van der Waals surface area (Å²) in [5, 5.41) is 19.9. The lowest BCUT2D eigenvalue weighted by molar-refractivity contribution is -0.384. The molecule has 9 heteroatoms. The Hall–Kier alpha value is -2.29. The van der Waals surface area contributed by atoms with Gasteiger partial charge in [0, 0.05) is 30.6 Å². The van der Waals surface area contributed by atoms with Gasteiger partial charge in [0.15, 0.2) is 0 Å². The molecule has 112 valence electrons. The second-order valence-corrected chi connectivity index (χ2v) is 5.22. The van der Waals surface area contributed by atoms with Crippen LogP contribution in [0.3, 0.4) is 0 Å². The fraction of sp³-hybridized carbons (Fsp3) is 0.417. The van der Waals surface area contributed by atoms with Gasteiger partial charge in [0.1, 0.15) is 6.20 Å². The minimum absolute atomic E-state index is 0.132. The summed E-state index contributed by atoms with van der Waals surface area (Å²) in [7, 11) is 0. The van der Waals surface area contributed by atoms with Crippen LogP contribution >= 0.6 is 11.3 Å². The van der Waals surface area contributed by atoms with E-state index in [9.17, 15) is 10.1 Å². The minimum Gasteiger partial charge on any atom is -0.364 e. The maximum Gasteiger partial charge on any atom is 0.329 e. The van der Waals surface area contributed by atoms with E-state index < -0.39 is 4.92 Å². The lowest BCUT2D eigenvalue weighted by Crippen LogP contribution is -2.11. The van der Waals surface area contributed by atoms with Crippen molar-refractivity contribution in [3.8, 4) is 0 Å². The number of nitrogens with one attached hydrogen (secondary N) is 2. The van der Waals surface area contributed by atoms with E-state index in [1.54, 1.807) is 11.3 Å². The van der Waals surface area contributed by atoms with Crippen molar-refractivity contribution in [1.29, 1.82) is 0 Å². The fourth-order valence-corrected chi connectivity index (χ4v) is 2.46. The molecule has 0 aliphatic carbocycles. The lowest BCUT2D eigenvalue weighted by Gasteiger charge is -2.07. The largest absolute Gasteiger partial charge is 0.364 e. The first kappa shape index (κ1) is 15.1. The molecule has 0 radical (unpaired) electrons. The van der Waals surface area contributed by atoms with Gasteiger partial charge in [0.25, 0.3) is 0 Å². The fourth-order valence-electron chi connectivity index (χ4n) is 1.69. The molecule has 0 amide bonds. The Morgan fingerprint density at radius 2 is 2.19 bits per heavy atom. The Balaban J connectivity index is 2.05. The molecule has 0 spiro atoms. The van der Waals surface area contributed by atoms with Crippen LogP contribution < -0.4 is 10.6 Å². The SMILES string of the molecule is CCNc1ncc([N+](=O)[O-])c(NCCc2nc(C)cs2)n1. The van der Waals surface area contributed by atoms with Crippen LogP contribution in [0.25, 0.3) is 0 Å². The van der Waals surface area contributed by atoms with E-state index in [1.165, 1.54) is 6.20 Å². The quantitative estimate of drug-likeness (QED) is 0.596. The maximum absolute atomic E-state index is 11.0. The van der Waals surface area contributed by atoms with Gasteiger partial charge in [0.05, 0.1) is 9.93 Å². The number of nitrogens with zero attached hydrogens (tertiary/aromatic N) is 4. The van der Waals surface area contributed by atoms with Crippen LogP contribution in [0.2, 0.25) is 0 Å². The van der Waals surface area contributed by atoms with Crippen LogP contribution in [0.1, 0.15) is 17.6 Å². The Labute approximate surface area is 125 Å². The normalized spacial score (nSPS) is 10.4. The highest BCUT2D eigenvalue weighted by atomic mass is 32.1. The summed E-state index contributed by atoms with van der Waals surface area (Å²) in [4.78, 5) is 22.9. The molecule has 2 rings (SSSR count). The summed E-state index contributed by atoms with van der Waals surface area (Å²) in [5.74, 6) is 0.593. The van der Waals surface area contributed by atoms with E-state index in [2.05, 4.69) is 25.6 Å². The zero-order valence-corrected chi connectivity index (χ0v) is 12.6. The Morgan fingerprint density at radius 1 is 1.38 bits per heavy atom. The number of rotatable bonds is 7. The van der Waals surface area contributed by atoms with Crippen molar-refractivity contribution >= 4 is 28.8 Å². The van der Waals surface area contributed by atoms with Gasteiger partial charge in [-0.3, -0.25) is 10.1 Å². The molecular formula is C12H16N6O2S. The molecule has 2 aromatic heterocycles. The molecule has 2 aromatic rings. The highest BCUT2D eigenvalue weighted by molar-refractivity contribution is 7.09. The molecule has 0 saturated carbocycles. The standard InChI is InChI=1S/C12H16N6O2S/c1-3-13-12-15-6-9(18(19)20)11(17-12)14-5-4-10-16-8(2)7-21-10/h6-7H,3-5H2,1-2H3,(H2,13,14,15,17). The van der Waals surface area contributed by atoms with Gasteiger partial charge in [0.2, 0.25) is 11.8 Å². The minimum atomic E-state index is -0.494. The molecule has 0 aromatic carbocycles. The van der Waals surface area contributed by atoms with Gasteiger partial charge in [-0.15, -0.1) is 11.3 Å². The first-order chi connectivity index (χ1) is 10.1. The van der Waals surface area contributed by atoms with E-state index in [4.69, 9.17) is 0 Å². The topological polar surface area (TPSA) is 106 Å². The van der Waals surface area contributed by atoms with Crippen LogP contribution in [0.4, 0.5) is 17.5 Å². The van der Waals surface area contributed by atoms with Crippen molar-refractivity contribution in [2.24, 2.45) is 0 Å². The molecule has 0 unspecified atom stereocenters. The number of nitro groups is 1. The zero-order chi connectivity index (χ0) is 15.2. The van der Waals surface area contributed by atoms with E-state index in [-0.39, 0.29) is 11.5 Å². The van der Waals surface area contributed by atoms with Gasteiger partial charge < -0.3 is 10.6 Å². The Morgan fingerprint density at radius 3 is 2.81 bits per heavy atom. The lowest BCUT2D eigenvalue weighted by atomic mass is 10.4. The number of aromatic nitrogens is 3. The highest BCUT2D eigenvalue weighted by Gasteiger charge is 2.16. The Bertz CT molecular complexity index is 630. The third-order valence-corrected chi connectivity index (χ3v) is 3.63. The number of hydrogen-bond acceptors (Lipinski definition) is 8. The van der Waals surface area contributed by atoms with Crippen molar-refractivity contribution in [3.05, 3.63) is 32.4 Å². The number of aryl methyl sites for hydroxylation is 1. The van der Waals surface area contributed by atoms with Crippen LogP contribution in [0, 0.1) is 17.0 Å². The van der Waals surface area contributed by atoms with Crippen LogP contribution in [0.5, 0.6) is 0 Å². The summed E-state index contributed by atoms with van der Waals surface area (Å²) in [6.45, 7) is 5.01. The van der Waals surface area contributed by atoms with Gasteiger partial charge >= 0.3 is 5.69 Å². The van der Waals surface area contributed by atoms with Gasteiger partial charge in [-0.1, -0.05) is 0 Å². The second-order valence-electron chi connectivity index (χ2n) is 4.27. The zero-order valence-electron chi connectivity index (χ0n) is 11.8. The molecular weight excluding hydrogens is 292 g/mol. The van der Waals surface area contributed by atoms with Gasteiger partial charge in [-0.25, -0.2) is 9.97 Å². The summed E-state index contributed by atoms with van der Waals surface area (Å²) in [5.41, 5.74) is 0.851. The predicted molar refractivity (Wildman–Crippen MR) is 81.9 cm³/mol. The smallest absolute Gasteiger partial charge is 0.329 e. The van der Waals surface area contributed by atoms with Crippen molar-refractivity contribution in [2.75, 3.05) is 23.7 Å². The van der Waals surface area contributed by atoms with Gasteiger partial charge in [-0.05, 0) is 13.8 Å². The number of anilines is 2. The first-order valence-electron chi connectivity index (χ1n) is 6.50. The molecule has 0 aliphatic heterocycles. The molecule has 2 heterocycles. The number of hydrogen-bond donors (Lipinski definition) is 2. The van der Waals surface area contributed by atoms with Crippen LogP contribution in [-0.2, 0) is 6.42 Å². The average Bonchev–Trinajstić information content (AvgIpc) is 2.85. The molecule has 0 bridgehead atoms. The third-order valence-electron chi connectivity index (χ3n) is 2.60. The molecule has 0 saturated heterocycles. The monoisotopic (exact) mass is 308 g/mol. The van der Waals surface area contributed by atoms with E-state index in [1.807, 2.05) is 19.2 Å². The number of thiazole rings is 1. The summed E-state index contributed by atoms with van der Waals surface area (Å²) in [6.07, 6.45) is 1.90. The molecule has 8 nitrogen and oxygen atoms in total. The second kappa shape index (κ2) is 6.93. The third kappa shape index (κ3) is 4.09.